The fraction of sp³-hybridized carbons (Fsp3) is 0.385. The predicted octanol–water partition coefficient (Wildman–Crippen LogP) is 4.50. The molecule has 0 atom stereocenters. The van der Waals surface area contributed by atoms with Gasteiger partial charge in [0.1, 0.15) is 5.75 Å². The van der Waals surface area contributed by atoms with Crippen LogP contribution in [0.5, 0.6) is 5.75 Å². The van der Waals surface area contributed by atoms with Crippen LogP contribution in [0, 0.1) is 6.92 Å². The van der Waals surface area contributed by atoms with Gasteiger partial charge in [0.2, 0.25) is 0 Å². The SMILES string of the molecule is Cc1ccc2c(N3CCCN(CCc4ccc5c(c4)N(C)C(=O)CO5)CC3)cccc2n1.Cl.Cl. The molecule has 1 aromatic heterocycles. The first-order chi connectivity index (χ1) is 15.6. The van der Waals surface area contributed by atoms with E-state index in [1.54, 1.807) is 4.90 Å². The molecule has 3 heterocycles. The number of benzene rings is 2. The zero-order valence-electron chi connectivity index (χ0n) is 19.7. The number of hydrogen-bond acceptors (Lipinski definition) is 5. The minimum absolute atomic E-state index is 0. The maximum absolute atomic E-state index is 11.9. The Morgan fingerprint density at radius 3 is 2.68 bits per heavy atom. The molecule has 2 aliphatic heterocycles. The largest absolute Gasteiger partial charge is 0.482 e. The minimum Gasteiger partial charge on any atom is -0.482 e. The lowest BCUT2D eigenvalue weighted by Gasteiger charge is -2.27. The van der Waals surface area contributed by atoms with Crippen LogP contribution >= 0.6 is 24.8 Å². The summed E-state index contributed by atoms with van der Waals surface area (Å²) >= 11 is 0. The molecule has 0 saturated carbocycles. The summed E-state index contributed by atoms with van der Waals surface area (Å²) in [6.07, 6.45) is 2.11. The second-order valence-corrected chi connectivity index (χ2v) is 8.77. The number of hydrogen-bond donors (Lipinski definition) is 0. The van der Waals surface area contributed by atoms with Gasteiger partial charge in [-0.2, -0.15) is 0 Å². The first-order valence-electron chi connectivity index (χ1n) is 11.4. The molecule has 3 aromatic rings. The molecule has 1 amide bonds. The van der Waals surface area contributed by atoms with E-state index in [9.17, 15) is 4.79 Å². The number of halogens is 2. The summed E-state index contributed by atoms with van der Waals surface area (Å²) in [6, 6.07) is 17.0. The lowest BCUT2D eigenvalue weighted by Crippen LogP contribution is -2.35. The zero-order valence-corrected chi connectivity index (χ0v) is 21.3. The Morgan fingerprint density at radius 2 is 1.82 bits per heavy atom. The van der Waals surface area contributed by atoms with Gasteiger partial charge in [-0.25, -0.2) is 0 Å². The van der Waals surface area contributed by atoms with Crippen LogP contribution in [0.1, 0.15) is 17.7 Å². The molecule has 2 aliphatic rings. The Labute approximate surface area is 213 Å². The van der Waals surface area contributed by atoms with Gasteiger partial charge in [-0.1, -0.05) is 12.1 Å². The van der Waals surface area contributed by atoms with E-state index < -0.39 is 0 Å². The Balaban J connectivity index is 0.00000162. The monoisotopic (exact) mass is 502 g/mol. The lowest BCUT2D eigenvalue weighted by molar-refractivity contribution is -0.120. The van der Waals surface area contributed by atoms with Crippen LogP contribution in [0.2, 0.25) is 0 Å². The summed E-state index contributed by atoms with van der Waals surface area (Å²) in [4.78, 5) is 23.4. The maximum Gasteiger partial charge on any atom is 0.264 e. The number of likely N-dealkylation sites (N-methyl/N-ethyl adjacent to an activating group) is 1. The molecule has 0 unspecified atom stereocenters. The highest BCUT2D eigenvalue weighted by Crippen LogP contribution is 2.32. The normalized spacial score (nSPS) is 16.2. The van der Waals surface area contributed by atoms with Crippen LogP contribution in [-0.4, -0.2) is 62.2 Å². The first kappa shape index (κ1) is 26.1. The van der Waals surface area contributed by atoms with Crippen LogP contribution in [0.15, 0.2) is 48.5 Å². The molecule has 0 N–H and O–H groups in total. The molecule has 0 radical (unpaired) electrons. The third-order valence-corrected chi connectivity index (χ3v) is 6.60. The number of rotatable bonds is 4. The summed E-state index contributed by atoms with van der Waals surface area (Å²) in [5, 5.41) is 1.24. The van der Waals surface area contributed by atoms with Crippen molar-refractivity contribution in [2.75, 3.05) is 56.2 Å². The molecule has 5 rings (SSSR count). The van der Waals surface area contributed by atoms with Crippen molar-refractivity contribution in [2.45, 2.75) is 19.8 Å². The summed E-state index contributed by atoms with van der Waals surface area (Å²) in [5.74, 6) is 0.794. The lowest BCUT2D eigenvalue weighted by atomic mass is 10.1. The van der Waals surface area contributed by atoms with Crippen molar-refractivity contribution < 1.29 is 9.53 Å². The summed E-state index contributed by atoms with van der Waals surface area (Å²) < 4.78 is 5.55. The maximum atomic E-state index is 11.9. The van der Waals surface area contributed by atoms with Gasteiger partial charge in [0.25, 0.3) is 5.91 Å². The molecule has 1 fully saturated rings. The number of carbonyl (C=O) groups excluding carboxylic acids is 1. The topological polar surface area (TPSA) is 48.9 Å². The standard InChI is InChI=1S/C26H30N4O2.2ClH/c1-19-7-9-21-22(27-19)5-3-6-23(21)30-13-4-12-29(15-16-30)14-11-20-8-10-25-24(17-20)28(2)26(31)18-32-25;;/h3,5-10,17H,4,11-16,18H2,1-2H3;2*1H. The van der Waals surface area contributed by atoms with E-state index in [2.05, 4.69) is 52.3 Å². The van der Waals surface area contributed by atoms with E-state index in [0.717, 1.165) is 68.2 Å². The van der Waals surface area contributed by atoms with Crippen molar-refractivity contribution in [3.05, 3.63) is 59.8 Å². The summed E-state index contributed by atoms with van der Waals surface area (Å²) in [5.41, 5.74) is 5.54. The fourth-order valence-corrected chi connectivity index (χ4v) is 4.71. The number of amides is 1. The Bertz CT molecular complexity index is 1160. The van der Waals surface area contributed by atoms with E-state index in [1.807, 2.05) is 20.0 Å². The molecule has 34 heavy (non-hydrogen) atoms. The predicted molar refractivity (Wildman–Crippen MR) is 143 cm³/mol. The Morgan fingerprint density at radius 1 is 0.971 bits per heavy atom. The zero-order chi connectivity index (χ0) is 22.1. The van der Waals surface area contributed by atoms with Gasteiger partial charge in [-0.15, -0.1) is 24.8 Å². The van der Waals surface area contributed by atoms with Gasteiger partial charge in [0.05, 0.1) is 11.2 Å². The number of pyridine rings is 1. The Hall–Kier alpha value is -2.54. The molecule has 0 spiro atoms. The number of fused-ring (bicyclic) bond motifs is 2. The highest BCUT2D eigenvalue weighted by Gasteiger charge is 2.22. The molecule has 8 heteroatoms. The molecular weight excluding hydrogens is 471 g/mol. The van der Waals surface area contributed by atoms with Gasteiger partial charge >= 0.3 is 0 Å². The van der Waals surface area contributed by atoms with E-state index in [1.165, 1.54) is 16.6 Å². The number of anilines is 2. The van der Waals surface area contributed by atoms with Gasteiger partial charge < -0.3 is 19.4 Å². The second kappa shape index (κ2) is 11.3. The second-order valence-electron chi connectivity index (χ2n) is 8.77. The van der Waals surface area contributed by atoms with Crippen molar-refractivity contribution in [1.82, 2.24) is 9.88 Å². The average molecular weight is 503 g/mol. The van der Waals surface area contributed by atoms with Crippen LogP contribution in [0.25, 0.3) is 10.9 Å². The number of aryl methyl sites for hydroxylation is 1. The molecule has 6 nitrogen and oxygen atoms in total. The quantitative estimate of drug-likeness (QED) is 0.525. The number of carbonyl (C=O) groups is 1. The van der Waals surface area contributed by atoms with E-state index >= 15 is 0 Å². The van der Waals surface area contributed by atoms with E-state index in [0.29, 0.717) is 0 Å². The van der Waals surface area contributed by atoms with Crippen molar-refractivity contribution in [3.8, 4) is 5.75 Å². The van der Waals surface area contributed by atoms with E-state index in [4.69, 9.17) is 9.72 Å². The molecular formula is C26H32Cl2N4O2. The van der Waals surface area contributed by atoms with Crippen molar-refractivity contribution in [3.63, 3.8) is 0 Å². The van der Waals surface area contributed by atoms with E-state index in [-0.39, 0.29) is 37.3 Å². The molecule has 0 bridgehead atoms. The third kappa shape index (κ3) is 5.40. The molecule has 182 valence electrons. The van der Waals surface area contributed by atoms with Gasteiger partial charge in [-0.3, -0.25) is 9.78 Å². The average Bonchev–Trinajstić information content (AvgIpc) is 3.05. The van der Waals surface area contributed by atoms with Crippen LogP contribution in [0.3, 0.4) is 0 Å². The number of aromatic nitrogens is 1. The van der Waals surface area contributed by atoms with Crippen molar-refractivity contribution in [2.24, 2.45) is 0 Å². The molecule has 0 aliphatic carbocycles. The van der Waals surface area contributed by atoms with Gasteiger partial charge in [0, 0.05) is 50.0 Å². The van der Waals surface area contributed by atoms with Crippen LogP contribution < -0.4 is 14.5 Å². The molecule has 2 aromatic carbocycles. The first-order valence-corrected chi connectivity index (χ1v) is 11.4. The fourth-order valence-electron chi connectivity index (χ4n) is 4.71. The number of ether oxygens (including phenoxy) is 1. The highest BCUT2D eigenvalue weighted by atomic mass is 35.5. The van der Waals surface area contributed by atoms with Crippen molar-refractivity contribution >= 4 is 53.0 Å². The Kier molecular flexibility index (Phi) is 8.63. The van der Waals surface area contributed by atoms with Crippen molar-refractivity contribution in [1.29, 1.82) is 0 Å². The smallest absolute Gasteiger partial charge is 0.264 e. The highest BCUT2D eigenvalue weighted by molar-refractivity contribution is 5.97. The van der Waals surface area contributed by atoms with Gasteiger partial charge in [-0.05, 0) is 68.3 Å². The molecule has 1 saturated heterocycles. The third-order valence-electron chi connectivity index (χ3n) is 6.60. The summed E-state index contributed by atoms with van der Waals surface area (Å²) in [6.45, 7) is 7.41. The van der Waals surface area contributed by atoms with Crippen LogP contribution in [0.4, 0.5) is 11.4 Å². The number of nitrogens with zero attached hydrogens (tertiary/aromatic N) is 4. The minimum atomic E-state index is 0. The summed E-state index contributed by atoms with van der Waals surface area (Å²) in [7, 11) is 1.82. The van der Waals surface area contributed by atoms with Gasteiger partial charge in [0.15, 0.2) is 6.61 Å². The van der Waals surface area contributed by atoms with Crippen LogP contribution in [-0.2, 0) is 11.2 Å².